The summed E-state index contributed by atoms with van der Waals surface area (Å²) in [5.41, 5.74) is 2.05. The van der Waals surface area contributed by atoms with Crippen LogP contribution in [0.5, 0.6) is 5.75 Å². The molecule has 2 aromatic heterocycles. The molecule has 4 rings (SSSR count). The van der Waals surface area contributed by atoms with E-state index in [2.05, 4.69) is 15.4 Å². The molecule has 8 heteroatoms. The summed E-state index contributed by atoms with van der Waals surface area (Å²) in [7, 11) is 1.60. The fourth-order valence-electron chi connectivity index (χ4n) is 2.95. The molecule has 0 spiro atoms. The van der Waals surface area contributed by atoms with Crippen molar-refractivity contribution in [3.8, 4) is 17.1 Å². The zero-order valence-corrected chi connectivity index (χ0v) is 15.5. The molecule has 4 aromatic rings. The highest BCUT2D eigenvalue weighted by atomic mass is 16.5. The topological polar surface area (TPSA) is 92.3 Å². The molecule has 142 valence electrons. The fourth-order valence-corrected chi connectivity index (χ4v) is 2.95. The zero-order chi connectivity index (χ0) is 19.5. The normalized spacial score (nSPS) is 10.9. The minimum Gasteiger partial charge on any atom is -0.497 e. The van der Waals surface area contributed by atoms with Gasteiger partial charge in [0.05, 0.1) is 20.3 Å². The van der Waals surface area contributed by atoms with Crippen LogP contribution in [0.2, 0.25) is 0 Å². The number of carbonyl (C=O) groups excluding carboxylic acids is 1. The maximum atomic E-state index is 12.3. The fraction of sp³-hybridized carbons (Fsp3) is 0.200. The highest BCUT2D eigenvalue weighted by Gasteiger charge is 2.22. The number of aromatic nitrogens is 4. The van der Waals surface area contributed by atoms with E-state index in [0.29, 0.717) is 22.7 Å². The predicted octanol–water partition coefficient (Wildman–Crippen LogP) is 3.32. The highest BCUT2D eigenvalue weighted by molar-refractivity contribution is 5.96. The summed E-state index contributed by atoms with van der Waals surface area (Å²) in [6.07, 6.45) is 0. The van der Waals surface area contributed by atoms with Gasteiger partial charge in [0.25, 0.3) is 0 Å². The summed E-state index contributed by atoms with van der Waals surface area (Å²) in [6.45, 7) is 2.23. The summed E-state index contributed by atoms with van der Waals surface area (Å²) in [6, 6.07) is 14.8. The van der Waals surface area contributed by atoms with Gasteiger partial charge in [-0.15, -0.1) is 10.2 Å². The molecule has 0 radical (unpaired) electrons. The summed E-state index contributed by atoms with van der Waals surface area (Å²) in [4.78, 5) is 13.8. The molecule has 0 saturated heterocycles. The van der Waals surface area contributed by atoms with Crippen molar-refractivity contribution < 1.29 is 18.7 Å². The van der Waals surface area contributed by atoms with Crippen molar-refractivity contribution in [2.75, 3.05) is 13.7 Å². The van der Waals surface area contributed by atoms with Crippen molar-refractivity contribution in [1.82, 2.24) is 20.2 Å². The number of nitrogens with zero attached hydrogens (tertiary/aromatic N) is 4. The number of tetrazole rings is 1. The minimum atomic E-state index is -0.512. The van der Waals surface area contributed by atoms with Crippen LogP contribution in [0, 0.1) is 0 Å². The summed E-state index contributed by atoms with van der Waals surface area (Å²) < 4.78 is 16.1. The van der Waals surface area contributed by atoms with E-state index in [0.717, 1.165) is 10.9 Å². The number of hydrogen-bond acceptors (Lipinski definition) is 7. The van der Waals surface area contributed by atoms with Gasteiger partial charge in [0, 0.05) is 16.5 Å². The van der Waals surface area contributed by atoms with E-state index in [4.69, 9.17) is 13.9 Å². The lowest BCUT2D eigenvalue weighted by atomic mass is 10.1. The number of para-hydroxylation sites is 1. The number of carbonyl (C=O) groups is 1. The van der Waals surface area contributed by atoms with Gasteiger partial charge >= 0.3 is 5.97 Å². The molecule has 28 heavy (non-hydrogen) atoms. The van der Waals surface area contributed by atoms with E-state index in [1.807, 2.05) is 42.5 Å². The number of ether oxygens (including phenoxy) is 2. The Morgan fingerprint density at radius 2 is 2.04 bits per heavy atom. The molecular formula is C20H18N4O4. The smallest absolute Gasteiger partial charge is 0.374 e. The van der Waals surface area contributed by atoms with E-state index in [-0.39, 0.29) is 18.9 Å². The van der Waals surface area contributed by atoms with Crippen LogP contribution in [0.4, 0.5) is 0 Å². The lowest BCUT2D eigenvalue weighted by Gasteiger charge is -2.02. The number of esters is 1. The average Bonchev–Trinajstić information content (AvgIpc) is 3.34. The molecule has 2 aromatic carbocycles. The first-order chi connectivity index (χ1) is 13.7. The molecule has 0 atom stereocenters. The molecular weight excluding hydrogens is 360 g/mol. The van der Waals surface area contributed by atoms with E-state index >= 15 is 0 Å². The van der Waals surface area contributed by atoms with Crippen LogP contribution in [0.1, 0.15) is 23.0 Å². The first kappa shape index (κ1) is 17.7. The van der Waals surface area contributed by atoms with E-state index in [1.54, 1.807) is 20.1 Å². The lowest BCUT2D eigenvalue weighted by Crippen LogP contribution is -2.10. The Hall–Kier alpha value is -3.68. The number of hydrogen-bond donors (Lipinski definition) is 0. The van der Waals surface area contributed by atoms with Gasteiger partial charge in [-0.05, 0) is 30.3 Å². The Labute approximate surface area is 160 Å². The summed E-state index contributed by atoms with van der Waals surface area (Å²) in [5.74, 6) is 0.814. The quantitative estimate of drug-likeness (QED) is 0.475. The van der Waals surface area contributed by atoms with Crippen LogP contribution < -0.4 is 4.74 Å². The van der Waals surface area contributed by atoms with Gasteiger partial charge in [-0.3, -0.25) is 0 Å². The van der Waals surface area contributed by atoms with E-state index < -0.39 is 5.97 Å². The maximum Gasteiger partial charge on any atom is 0.374 e. The van der Waals surface area contributed by atoms with E-state index in [1.165, 1.54) is 4.80 Å². The van der Waals surface area contributed by atoms with Crippen LogP contribution in [-0.4, -0.2) is 39.9 Å². The maximum absolute atomic E-state index is 12.3. The Morgan fingerprint density at radius 1 is 1.18 bits per heavy atom. The SMILES string of the molecule is CCOC(=O)c1oc2ccccc2c1Cn1nnc(-c2cccc(OC)c2)n1. The van der Waals surface area contributed by atoms with Crippen molar-refractivity contribution in [3.05, 3.63) is 59.9 Å². The van der Waals surface area contributed by atoms with Crippen LogP contribution in [0.25, 0.3) is 22.4 Å². The van der Waals surface area contributed by atoms with Crippen LogP contribution in [0.15, 0.2) is 52.9 Å². The Bertz CT molecular complexity index is 1130. The second-order valence-electron chi connectivity index (χ2n) is 6.00. The highest BCUT2D eigenvalue weighted by Crippen LogP contribution is 2.27. The number of methoxy groups -OCH3 is 1. The standard InChI is InChI=1S/C20H18N4O4/c1-3-27-20(25)18-16(15-9-4-5-10-17(15)28-18)12-24-22-19(21-23-24)13-7-6-8-14(11-13)26-2/h4-11H,3,12H2,1-2H3. The van der Waals surface area contributed by atoms with Gasteiger partial charge < -0.3 is 13.9 Å². The second-order valence-corrected chi connectivity index (χ2v) is 6.00. The number of rotatable bonds is 6. The molecule has 8 nitrogen and oxygen atoms in total. The Balaban J connectivity index is 1.69. The molecule has 0 aliphatic carbocycles. The Morgan fingerprint density at radius 3 is 2.86 bits per heavy atom. The van der Waals surface area contributed by atoms with E-state index in [9.17, 15) is 4.79 Å². The van der Waals surface area contributed by atoms with Gasteiger partial charge in [-0.25, -0.2) is 4.79 Å². The second kappa shape index (κ2) is 7.51. The van der Waals surface area contributed by atoms with Crippen molar-refractivity contribution in [1.29, 1.82) is 0 Å². The third-order valence-electron chi connectivity index (χ3n) is 4.24. The van der Waals surface area contributed by atoms with Crippen LogP contribution >= 0.6 is 0 Å². The van der Waals surface area contributed by atoms with Crippen molar-refractivity contribution in [3.63, 3.8) is 0 Å². The molecule has 0 bridgehead atoms. The summed E-state index contributed by atoms with van der Waals surface area (Å²) >= 11 is 0. The summed E-state index contributed by atoms with van der Waals surface area (Å²) in [5, 5.41) is 13.5. The molecule has 0 saturated carbocycles. The van der Waals surface area contributed by atoms with Gasteiger partial charge in [0.2, 0.25) is 11.6 Å². The lowest BCUT2D eigenvalue weighted by molar-refractivity contribution is 0.0490. The van der Waals surface area contributed by atoms with Gasteiger partial charge in [0.1, 0.15) is 11.3 Å². The zero-order valence-electron chi connectivity index (χ0n) is 15.5. The first-order valence-corrected chi connectivity index (χ1v) is 8.79. The molecule has 0 aliphatic heterocycles. The molecule has 0 N–H and O–H groups in total. The number of furan rings is 1. The molecule has 0 unspecified atom stereocenters. The van der Waals surface area contributed by atoms with Gasteiger partial charge in [0.15, 0.2) is 0 Å². The van der Waals surface area contributed by atoms with Gasteiger partial charge in [-0.2, -0.15) is 4.80 Å². The largest absolute Gasteiger partial charge is 0.497 e. The monoisotopic (exact) mass is 378 g/mol. The number of fused-ring (bicyclic) bond motifs is 1. The Kier molecular flexibility index (Phi) is 4.76. The van der Waals surface area contributed by atoms with Crippen molar-refractivity contribution >= 4 is 16.9 Å². The molecule has 2 heterocycles. The third kappa shape index (κ3) is 3.32. The van der Waals surface area contributed by atoms with Gasteiger partial charge in [-0.1, -0.05) is 30.3 Å². The first-order valence-electron chi connectivity index (χ1n) is 8.79. The molecule has 0 aliphatic rings. The third-order valence-corrected chi connectivity index (χ3v) is 4.24. The van der Waals surface area contributed by atoms with Crippen molar-refractivity contribution in [2.45, 2.75) is 13.5 Å². The predicted molar refractivity (Wildman–Crippen MR) is 101 cm³/mol. The van der Waals surface area contributed by atoms with Crippen molar-refractivity contribution in [2.24, 2.45) is 0 Å². The average molecular weight is 378 g/mol. The van der Waals surface area contributed by atoms with Crippen LogP contribution in [-0.2, 0) is 11.3 Å². The minimum absolute atomic E-state index is 0.156. The number of benzene rings is 2. The van der Waals surface area contributed by atoms with Crippen LogP contribution in [0.3, 0.4) is 0 Å². The molecule has 0 fully saturated rings. The molecule has 0 amide bonds.